The number of hydrogen-bond donors (Lipinski definition) is 3. The lowest BCUT2D eigenvalue weighted by molar-refractivity contribution is -0.120. The summed E-state index contributed by atoms with van der Waals surface area (Å²) in [5, 5.41) is 5.15. The molecule has 0 bridgehead atoms. The smallest absolute Gasteiger partial charge is 0.329 e. The first-order valence-electron chi connectivity index (χ1n) is 9.56. The summed E-state index contributed by atoms with van der Waals surface area (Å²) < 4.78 is 6.43. The number of aryl methyl sites for hydroxylation is 1. The van der Waals surface area contributed by atoms with Crippen LogP contribution < -0.4 is 21.9 Å². The molecule has 0 fully saturated rings. The number of H-pyrrole nitrogens is 1. The van der Waals surface area contributed by atoms with Crippen LogP contribution in [0.15, 0.2) is 38.5 Å². The highest BCUT2D eigenvalue weighted by molar-refractivity contribution is 6.06. The van der Waals surface area contributed by atoms with Crippen molar-refractivity contribution in [3.8, 4) is 0 Å². The fourth-order valence-corrected chi connectivity index (χ4v) is 2.98. The average molecular weight is 413 g/mol. The monoisotopic (exact) mass is 413 g/mol. The Balaban J connectivity index is 1.90. The van der Waals surface area contributed by atoms with Crippen molar-refractivity contribution in [2.75, 3.05) is 6.54 Å². The Morgan fingerprint density at radius 3 is 2.67 bits per heavy atom. The Morgan fingerprint density at radius 1 is 1.27 bits per heavy atom. The number of aromatic nitrogens is 3. The molecule has 10 heteroatoms. The number of pyridine rings is 1. The second kappa shape index (κ2) is 8.76. The van der Waals surface area contributed by atoms with Crippen LogP contribution in [0, 0.1) is 0 Å². The molecule has 0 aliphatic carbocycles. The van der Waals surface area contributed by atoms with Gasteiger partial charge in [-0.05, 0) is 31.0 Å². The summed E-state index contributed by atoms with van der Waals surface area (Å²) in [6.07, 6.45) is 1.50. The van der Waals surface area contributed by atoms with E-state index in [0.717, 1.165) is 0 Å². The van der Waals surface area contributed by atoms with Crippen molar-refractivity contribution in [3.63, 3.8) is 0 Å². The van der Waals surface area contributed by atoms with E-state index in [9.17, 15) is 19.2 Å². The Bertz CT molecular complexity index is 1190. The molecule has 3 aromatic heterocycles. The quantitative estimate of drug-likeness (QED) is 0.525. The first-order chi connectivity index (χ1) is 14.3. The largest absolute Gasteiger partial charge is 0.467 e. The van der Waals surface area contributed by atoms with Gasteiger partial charge in [-0.15, -0.1) is 0 Å². The van der Waals surface area contributed by atoms with Gasteiger partial charge in [-0.25, -0.2) is 9.78 Å². The minimum atomic E-state index is -0.699. The lowest BCUT2D eigenvalue weighted by Crippen LogP contribution is -2.38. The summed E-state index contributed by atoms with van der Waals surface area (Å²) in [6.45, 7) is 5.70. The van der Waals surface area contributed by atoms with Crippen molar-refractivity contribution in [1.29, 1.82) is 0 Å². The molecule has 0 aromatic carbocycles. The Hall–Kier alpha value is -3.69. The summed E-state index contributed by atoms with van der Waals surface area (Å²) in [4.78, 5) is 56.1. The molecule has 10 nitrogen and oxygen atoms in total. The van der Waals surface area contributed by atoms with Gasteiger partial charge in [-0.3, -0.25) is 23.9 Å². The molecule has 3 N–H and O–H groups in total. The minimum Gasteiger partial charge on any atom is -0.467 e. The maximum Gasteiger partial charge on any atom is 0.329 e. The van der Waals surface area contributed by atoms with Crippen molar-refractivity contribution >= 4 is 22.8 Å². The Kier molecular flexibility index (Phi) is 6.14. The number of hydrogen-bond acceptors (Lipinski definition) is 6. The molecule has 0 radical (unpaired) electrons. The molecule has 3 rings (SSSR count). The van der Waals surface area contributed by atoms with E-state index in [2.05, 4.69) is 20.6 Å². The third kappa shape index (κ3) is 4.32. The molecular formula is C20H23N5O5. The molecule has 3 aromatic rings. The number of fused-ring (bicyclic) bond motifs is 1. The topological polar surface area (TPSA) is 139 Å². The van der Waals surface area contributed by atoms with Crippen LogP contribution in [0.3, 0.4) is 0 Å². The number of carbonyl (C=O) groups is 2. The van der Waals surface area contributed by atoms with Gasteiger partial charge in [0.1, 0.15) is 5.76 Å². The molecule has 30 heavy (non-hydrogen) atoms. The molecule has 0 aliphatic rings. The van der Waals surface area contributed by atoms with Gasteiger partial charge in [-0.2, -0.15) is 0 Å². The van der Waals surface area contributed by atoms with E-state index in [1.165, 1.54) is 16.9 Å². The highest BCUT2D eigenvalue weighted by Crippen LogP contribution is 2.19. The van der Waals surface area contributed by atoms with Gasteiger partial charge >= 0.3 is 5.69 Å². The zero-order valence-electron chi connectivity index (χ0n) is 16.9. The fraction of sp³-hybridized carbons (Fsp3) is 0.350. The molecule has 2 amide bonds. The number of furan rings is 1. The van der Waals surface area contributed by atoms with Crippen LogP contribution in [0.2, 0.25) is 0 Å². The van der Waals surface area contributed by atoms with E-state index in [4.69, 9.17) is 4.42 Å². The van der Waals surface area contributed by atoms with E-state index in [0.29, 0.717) is 11.5 Å². The van der Waals surface area contributed by atoms with Crippen molar-refractivity contribution < 1.29 is 14.0 Å². The first kappa shape index (κ1) is 21.0. The molecule has 158 valence electrons. The Labute approximate surface area is 171 Å². The van der Waals surface area contributed by atoms with Crippen molar-refractivity contribution in [2.45, 2.75) is 39.8 Å². The second-order valence-electron chi connectivity index (χ2n) is 6.99. The minimum absolute atomic E-state index is 0.00865. The van der Waals surface area contributed by atoms with Crippen LogP contribution in [0.4, 0.5) is 0 Å². The SMILES string of the molecule is CCn1c(=O)[nH]c(=O)c2c(C(=O)NCC(=O)NCc3ccco3)cc(C(C)C)nc21. The normalized spacial score (nSPS) is 11.1. The number of nitrogens with one attached hydrogen (secondary N) is 3. The molecule has 0 spiro atoms. The molecule has 0 aliphatic heterocycles. The van der Waals surface area contributed by atoms with Crippen LogP contribution in [0.25, 0.3) is 11.0 Å². The van der Waals surface area contributed by atoms with Crippen molar-refractivity contribution in [2.24, 2.45) is 0 Å². The maximum atomic E-state index is 12.8. The molecule has 0 unspecified atom stereocenters. The number of carbonyl (C=O) groups excluding carboxylic acids is 2. The number of amides is 2. The van der Waals surface area contributed by atoms with E-state index in [1.807, 2.05) is 13.8 Å². The molecule has 3 heterocycles. The van der Waals surface area contributed by atoms with E-state index in [1.54, 1.807) is 19.1 Å². The highest BCUT2D eigenvalue weighted by atomic mass is 16.3. The van der Waals surface area contributed by atoms with Gasteiger partial charge in [0.05, 0.1) is 30.3 Å². The average Bonchev–Trinajstić information content (AvgIpc) is 3.23. The van der Waals surface area contributed by atoms with Gasteiger partial charge in [0.15, 0.2) is 5.65 Å². The number of nitrogens with zero attached hydrogens (tertiary/aromatic N) is 2. The van der Waals surface area contributed by atoms with Crippen molar-refractivity contribution in [1.82, 2.24) is 25.2 Å². The third-order valence-corrected chi connectivity index (χ3v) is 4.57. The van der Waals surface area contributed by atoms with Crippen LogP contribution in [-0.2, 0) is 17.9 Å². The highest BCUT2D eigenvalue weighted by Gasteiger charge is 2.20. The zero-order valence-corrected chi connectivity index (χ0v) is 16.9. The maximum absolute atomic E-state index is 12.8. The van der Waals surface area contributed by atoms with Crippen LogP contribution in [0.5, 0.6) is 0 Å². The fourth-order valence-electron chi connectivity index (χ4n) is 2.98. The van der Waals surface area contributed by atoms with Gasteiger partial charge in [-0.1, -0.05) is 13.8 Å². The number of aromatic amines is 1. The van der Waals surface area contributed by atoms with Gasteiger partial charge in [0.2, 0.25) is 5.91 Å². The third-order valence-electron chi connectivity index (χ3n) is 4.57. The molecule has 0 saturated heterocycles. The molecule has 0 atom stereocenters. The number of rotatable bonds is 7. The second-order valence-corrected chi connectivity index (χ2v) is 6.99. The van der Waals surface area contributed by atoms with E-state index in [-0.39, 0.29) is 42.1 Å². The predicted molar refractivity (Wildman–Crippen MR) is 109 cm³/mol. The summed E-state index contributed by atoms with van der Waals surface area (Å²) in [6, 6.07) is 4.94. The first-order valence-corrected chi connectivity index (χ1v) is 9.56. The van der Waals surface area contributed by atoms with Crippen LogP contribution >= 0.6 is 0 Å². The zero-order chi connectivity index (χ0) is 21.8. The summed E-state index contributed by atoms with van der Waals surface area (Å²) >= 11 is 0. The standard InChI is InChI=1S/C20H23N5O5/c1-4-25-17-16(19(28)24-20(25)29)13(8-14(23-17)11(2)3)18(27)22-10-15(26)21-9-12-6-5-7-30-12/h5-8,11H,4,9-10H2,1-3H3,(H,21,26)(H,22,27)(H,24,28,29). The lowest BCUT2D eigenvalue weighted by atomic mass is 10.0. The Morgan fingerprint density at radius 2 is 2.03 bits per heavy atom. The lowest BCUT2D eigenvalue weighted by Gasteiger charge is -2.14. The summed E-state index contributed by atoms with van der Waals surface area (Å²) in [5.74, 6) is -0.483. The summed E-state index contributed by atoms with van der Waals surface area (Å²) in [7, 11) is 0. The van der Waals surface area contributed by atoms with Gasteiger partial charge in [0.25, 0.3) is 11.5 Å². The van der Waals surface area contributed by atoms with Gasteiger partial charge in [0, 0.05) is 12.2 Å². The van der Waals surface area contributed by atoms with Crippen molar-refractivity contribution in [3.05, 3.63) is 62.3 Å². The molecular weight excluding hydrogens is 390 g/mol. The van der Waals surface area contributed by atoms with Crippen LogP contribution in [0.1, 0.15) is 48.5 Å². The predicted octanol–water partition coefficient (Wildman–Crippen LogP) is 0.867. The van der Waals surface area contributed by atoms with E-state index >= 15 is 0 Å². The van der Waals surface area contributed by atoms with Crippen LogP contribution in [-0.4, -0.2) is 32.9 Å². The van der Waals surface area contributed by atoms with Gasteiger partial charge < -0.3 is 15.1 Å². The summed E-state index contributed by atoms with van der Waals surface area (Å²) in [5.41, 5.74) is -0.528. The van der Waals surface area contributed by atoms with E-state index < -0.39 is 23.1 Å². The molecule has 0 saturated carbocycles.